The van der Waals surface area contributed by atoms with Crippen LogP contribution in [0.3, 0.4) is 0 Å². The van der Waals surface area contributed by atoms with Crippen LogP contribution in [0.15, 0.2) is 28.3 Å². The Balaban J connectivity index is 1.63. The molecule has 0 aromatic carbocycles. The number of hydrogen-bond acceptors (Lipinski definition) is 6. The Morgan fingerprint density at radius 1 is 1.48 bits per heavy atom. The predicted octanol–water partition coefficient (Wildman–Crippen LogP) is 1.62. The molecule has 1 aliphatic heterocycles. The SMILES string of the molecule is O=C(Nc1nncs1)[C@@H]1CCCN(C(=O)c2ccco2)C1. The summed E-state index contributed by atoms with van der Waals surface area (Å²) in [6, 6.07) is 3.31. The number of nitrogens with zero attached hydrogens (tertiary/aromatic N) is 3. The first-order valence-corrected chi connectivity index (χ1v) is 7.52. The highest BCUT2D eigenvalue weighted by molar-refractivity contribution is 7.13. The van der Waals surface area contributed by atoms with Gasteiger partial charge in [0.25, 0.3) is 5.91 Å². The molecule has 0 radical (unpaired) electrons. The van der Waals surface area contributed by atoms with E-state index < -0.39 is 0 Å². The maximum Gasteiger partial charge on any atom is 0.289 e. The van der Waals surface area contributed by atoms with Gasteiger partial charge in [0, 0.05) is 13.1 Å². The lowest BCUT2D eigenvalue weighted by Gasteiger charge is -2.31. The van der Waals surface area contributed by atoms with Crippen LogP contribution in [0, 0.1) is 5.92 Å². The Kier molecular flexibility index (Phi) is 3.96. The molecule has 0 aliphatic carbocycles. The van der Waals surface area contributed by atoms with E-state index in [1.165, 1.54) is 17.6 Å². The zero-order valence-corrected chi connectivity index (χ0v) is 12.0. The minimum Gasteiger partial charge on any atom is -0.459 e. The van der Waals surface area contributed by atoms with Gasteiger partial charge in [-0.05, 0) is 25.0 Å². The van der Waals surface area contributed by atoms with Crippen LogP contribution in [0.2, 0.25) is 0 Å². The van der Waals surface area contributed by atoms with Crippen molar-refractivity contribution in [2.75, 3.05) is 18.4 Å². The smallest absolute Gasteiger partial charge is 0.289 e. The summed E-state index contributed by atoms with van der Waals surface area (Å²) in [5.41, 5.74) is 1.56. The van der Waals surface area contributed by atoms with Crippen molar-refractivity contribution in [3.63, 3.8) is 0 Å². The normalized spacial score (nSPS) is 18.5. The van der Waals surface area contributed by atoms with Crippen molar-refractivity contribution in [1.82, 2.24) is 15.1 Å². The van der Waals surface area contributed by atoms with Gasteiger partial charge in [-0.15, -0.1) is 10.2 Å². The van der Waals surface area contributed by atoms with Gasteiger partial charge < -0.3 is 14.6 Å². The molecule has 1 atom stereocenters. The highest BCUT2D eigenvalue weighted by Crippen LogP contribution is 2.21. The van der Waals surface area contributed by atoms with E-state index in [1.54, 1.807) is 22.5 Å². The number of anilines is 1. The van der Waals surface area contributed by atoms with Crippen molar-refractivity contribution in [1.29, 1.82) is 0 Å². The average Bonchev–Trinajstić information content (AvgIpc) is 3.20. The van der Waals surface area contributed by atoms with Gasteiger partial charge in [0.1, 0.15) is 5.51 Å². The largest absolute Gasteiger partial charge is 0.459 e. The van der Waals surface area contributed by atoms with Crippen molar-refractivity contribution in [2.24, 2.45) is 5.92 Å². The molecule has 1 fully saturated rings. The van der Waals surface area contributed by atoms with Crippen molar-refractivity contribution >= 4 is 28.3 Å². The molecule has 2 aromatic rings. The number of aromatic nitrogens is 2. The van der Waals surface area contributed by atoms with Gasteiger partial charge in [-0.25, -0.2) is 0 Å². The lowest BCUT2D eigenvalue weighted by molar-refractivity contribution is -0.121. The Bertz CT molecular complexity index is 611. The Morgan fingerprint density at radius 3 is 3.10 bits per heavy atom. The van der Waals surface area contributed by atoms with E-state index in [2.05, 4.69) is 15.5 Å². The molecular weight excluding hydrogens is 292 g/mol. The number of carbonyl (C=O) groups excluding carboxylic acids is 2. The minimum atomic E-state index is -0.235. The molecule has 2 amide bonds. The second-order valence-corrected chi connectivity index (χ2v) is 5.63. The van der Waals surface area contributed by atoms with Gasteiger partial charge in [-0.1, -0.05) is 11.3 Å². The fourth-order valence-corrected chi connectivity index (χ4v) is 2.81. The lowest BCUT2D eigenvalue weighted by atomic mass is 9.97. The van der Waals surface area contributed by atoms with Crippen LogP contribution in [-0.2, 0) is 4.79 Å². The maximum atomic E-state index is 12.2. The van der Waals surface area contributed by atoms with Crippen molar-refractivity contribution < 1.29 is 14.0 Å². The average molecular weight is 306 g/mol. The van der Waals surface area contributed by atoms with Crippen LogP contribution < -0.4 is 5.32 Å². The van der Waals surface area contributed by atoms with Crippen LogP contribution in [-0.4, -0.2) is 40.0 Å². The van der Waals surface area contributed by atoms with Gasteiger partial charge in [0.2, 0.25) is 11.0 Å². The summed E-state index contributed by atoms with van der Waals surface area (Å²) in [4.78, 5) is 26.1. The quantitative estimate of drug-likeness (QED) is 0.931. The van der Waals surface area contributed by atoms with Crippen LogP contribution in [0.25, 0.3) is 0 Å². The van der Waals surface area contributed by atoms with E-state index >= 15 is 0 Å². The van der Waals surface area contributed by atoms with Gasteiger partial charge in [0.15, 0.2) is 5.76 Å². The summed E-state index contributed by atoms with van der Waals surface area (Å²) < 4.78 is 5.12. The first-order chi connectivity index (χ1) is 10.2. The summed E-state index contributed by atoms with van der Waals surface area (Å²) in [6.45, 7) is 1.03. The lowest BCUT2D eigenvalue weighted by Crippen LogP contribution is -2.43. The second-order valence-electron chi connectivity index (χ2n) is 4.80. The Hall–Kier alpha value is -2.22. The summed E-state index contributed by atoms with van der Waals surface area (Å²) in [5, 5.41) is 10.7. The van der Waals surface area contributed by atoms with Crippen LogP contribution in [0.5, 0.6) is 0 Å². The van der Waals surface area contributed by atoms with Gasteiger partial charge in [-0.2, -0.15) is 0 Å². The number of furan rings is 1. The molecule has 1 aliphatic rings. The van der Waals surface area contributed by atoms with E-state index in [9.17, 15) is 9.59 Å². The monoisotopic (exact) mass is 306 g/mol. The number of carbonyl (C=O) groups is 2. The molecule has 0 saturated carbocycles. The Labute approximate surface area is 125 Å². The predicted molar refractivity (Wildman–Crippen MR) is 75.9 cm³/mol. The highest BCUT2D eigenvalue weighted by Gasteiger charge is 2.30. The highest BCUT2D eigenvalue weighted by atomic mass is 32.1. The molecule has 1 saturated heterocycles. The van der Waals surface area contributed by atoms with Crippen molar-refractivity contribution in [3.05, 3.63) is 29.7 Å². The van der Waals surface area contributed by atoms with E-state index in [4.69, 9.17) is 4.42 Å². The number of amides is 2. The number of rotatable bonds is 3. The zero-order chi connectivity index (χ0) is 14.7. The second kappa shape index (κ2) is 6.04. The number of likely N-dealkylation sites (tertiary alicyclic amines) is 1. The molecule has 3 heterocycles. The maximum absolute atomic E-state index is 12.2. The summed E-state index contributed by atoms with van der Waals surface area (Å²) in [7, 11) is 0. The molecular formula is C13H14N4O3S. The van der Waals surface area contributed by atoms with E-state index in [0.29, 0.717) is 24.0 Å². The summed E-state index contributed by atoms with van der Waals surface area (Å²) >= 11 is 1.27. The number of piperidine rings is 1. The van der Waals surface area contributed by atoms with E-state index in [-0.39, 0.29) is 17.7 Å². The third-order valence-corrected chi connectivity index (χ3v) is 4.01. The van der Waals surface area contributed by atoms with Gasteiger partial charge in [-0.3, -0.25) is 9.59 Å². The molecule has 0 spiro atoms. The van der Waals surface area contributed by atoms with Gasteiger partial charge in [0.05, 0.1) is 12.2 Å². The fourth-order valence-electron chi connectivity index (χ4n) is 2.37. The summed E-state index contributed by atoms with van der Waals surface area (Å²) in [6.07, 6.45) is 3.02. The topological polar surface area (TPSA) is 88.3 Å². The third-order valence-electron chi connectivity index (χ3n) is 3.40. The first kappa shape index (κ1) is 13.7. The standard InChI is InChI=1S/C13H14N4O3S/c18-11(15-13-16-14-8-21-13)9-3-1-5-17(7-9)12(19)10-4-2-6-20-10/h2,4,6,8-9H,1,3,5,7H2,(H,15,16,18)/t9-/m1/s1. The molecule has 7 nitrogen and oxygen atoms in total. The number of hydrogen-bond donors (Lipinski definition) is 1. The molecule has 110 valence electrons. The minimum absolute atomic E-state index is 0.122. The molecule has 0 unspecified atom stereocenters. The Morgan fingerprint density at radius 2 is 2.38 bits per heavy atom. The number of nitrogens with one attached hydrogen (secondary N) is 1. The molecule has 3 rings (SSSR count). The van der Waals surface area contributed by atoms with Crippen LogP contribution >= 0.6 is 11.3 Å². The molecule has 0 bridgehead atoms. The first-order valence-electron chi connectivity index (χ1n) is 6.64. The molecule has 21 heavy (non-hydrogen) atoms. The molecule has 8 heteroatoms. The zero-order valence-electron chi connectivity index (χ0n) is 11.2. The molecule has 1 N–H and O–H groups in total. The van der Waals surface area contributed by atoms with Crippen molar-refractivity contribution in [3.8, 4) is 0 Å². The van der Waals surface area contributed by atoms with E-state index in [1.807, 2.05) is 0 Å². The van der Waals surface area contributed by atoms with Crippen molar-refractivity contribution in [2.45, 2.75) is 12.8 Å². The third kappa shape index (κ3) is 3.10. The van der Waals surface area contributed by atoms with Crippen LogP contribution in [0.1, 0.15) is 23.4 Å². The van der Waals surface area contributed by atoms with Gasteiger partial charge >= 0.3 is 0 Å². The fraction of sp³-hybridized carbons (Fsp3) is 0.385. The van der Waals surface area contributed by atoms with E-state index in [0.717, 1.165) is 12.8 Å². The molecule has 2 aromatic heterocycles. The summed E-state index contributed by atoms with van der Waals surface area (Å²) in [5.74, 6) is -0.223. The van der Waals surface area contributed by atoms with Crippen LogP contribution in [0.4, 0.5) is 5.13 Å².